The van der Waals surface area contributed by atoms with Crippen LogP contribution < -0.4 is 15.8 Å². The second-order valence-corrected chi connectivity index (χ2v) is 5.22. The minimum atomic E-state index is -0.197. The topological polar surface area (TPSA) is 67.5 Å². The molecule has 1 unspecified atom stereocenters. The Morgan fingerprint density at radius 3 is 2.38 bits per heavy atom. The van der Waals surface area contributed by atoms with Crippen LogP contribution in [0.1, 0.15) is 22.7 Å². The maximum atomic E-state index is 9.71. The van der Waals surface area contributed by atoms with Gasteiger partial charge in [0.15, 0.2) is 16.6 Å². The zero-order chi connectivity index (χ0) is 15.4. The highest BCUT2D eigenvalue weighted by Crippen LogP contribution is 2.31. The first-order valence-corrected chi connectivity index (χ1v) is 6.91. The summed E-state index contributed by atoms with van der Waals surface area (Å²) in [5, 5.41) is 13.0. The minimum Gasteiger partial charge on any atom is -0.504 e. The quantitative estimate of drug-likeness (QED) is 0.758. The van der Waals surface area contributed by atoms with Gasteiger partial charge in [-0.1, -0.05) is 35.9 Å². The van der Waals surface area contributed by atoms with Crippen LogP contribution in [0.3, 0.4) is 0 Å². The van der Waals surface area contributed by atoms with Gasteiger partial charge in [0.25, 0.3) is 0 Å². The van der Waals surface area contributed by atoms with Crippen molar-refractivity contribution >= 4 is 17.3 Å². The van der Waals surface area contributed by atoms with E-state index in [1.165, 1.54) is 12.7 Å². The number of thiocarbonyl (C=S) groups is 1. The van der Waals surface area contributed by atoms with Crippen LogP contribution in [0.2, 0.25) is 0 Å². The maximum absolute atomic E-state index is 9.71. The lowest BCUT2D eigenvalue weighted by Gasteiger charge is -2.21. The fourth-order valence-corrected chi connectivity index (χ4v) is 2.25. The highest BCUT2D eigenvalue weighted by molar-refractivity contribution is 7.80. The third kappa shape index (κ3) is 3.64. The van der Waals surface area contributed by atoms with Crippen molar-refractivity contribution in [2.24, 2.45) is 5.73 Å². The van der Waals surface area contributed by atoms with Gasteiger partial charge in [0.05, 0.1) is 13.2 Å². The maximum Gasteiger partial charge on any atom is 0.164 e. The molecule has 0 spiro atoms. The highest BCUT2D eigenvalue weighted by atomic mass is 32.1. The molecule has 2 aromatic carbocycles. The van der Waals surface area contributed by atoms with Crippen molar-refractivity contribution in [3.63, 3.8) is 0 Å². The summed E-state index contributed by atoms with van der Waals surface area (Å²) in [6.45, 7) is 2.03. The van der Waals surface area contributed by atoms with Crippen LogP contribution in [0.25, 0.3) is 0 Å². The summed E-state index contributed by atoms with van der Waals surface area (Å²) in [4.78, 5) is 0. The average molecular weight is 302 g/mol. The summed E-state index contributed by atoms with van der Waals surface area (Å²) >= 11 is 4.97. The molecule has 0 amide bonds. The number of nitrogens with two attached hydrogens (primary N) is 1. The van der Waals surface area contributed by atoms with Crippen LogP contribution in [0, 0.1) is 6.92 Å². The number of aromatic hydroxyl groups is 1. The predicted molar refractivity (Wildman–Crippen MR) is 87.6 cm³/mol. The third-order valence-electron chi connectivity index (χ3n) is 3.23. The molecule has 0 aromatic heterocycles. The summed E-state index contributed by atoms with van der Waals surface area (Å²) in [5.74, 6) is 0.508. The van der Waals surface area contributed by atoms with E-state index >= 15 is 0 Å². The molecule has 5 heteroatoms. The van der Waals surface area contributed by atoms with Crippen molar-refractivity contribution in [3.05, 3.63) is 59.2 Å². The Balaban J connectivity index is 2.44. The van der Waals surface area contributed by atoms with E-state index in [9.17, 15) is 5.11 Å². The lowest BCUT2D eigenvalue weighted by molar-refractivity contribution is 0.372. The van der Waals surface area contributed by atoms with Crippen molar-refractivity contribution in [1.82, 2.24) is 5.32 Å². The van der Waals surface area contributed by atoms with Gasteiger partial charge in [-0.3, -0.25) is 0 Å². The van der Waals surface area contributed by atoms with Crippen molar-refractivity contribution in [1.29, 1.82) is 0 Å². The molecule has 0 radical (unpaired) electrons. The molecule has 0 aliphatic rings. The number of phenols is 1. The SMILES string of the molecule is COc1cc(C(NC(N)=S)c2ccc(C)cc2)ccc1O. The zero-order valence-corrected chi connectivity index (χ0v) is 12.8. The lowest BCUT2D eigenvalue weighted by Crippen LogP contribution is -2.33. The van der Waals surface area contributed by atoms with Crippen molar-refractivity contribution in [3.8, 4) is 11.5 Å². The number of aryl methyl sites for hydroxylation is 1. The molecule has 0 aliphatic heterocycles. The van der Waals surface area contributed by atoms with Crippen molar-refractivity contribution in [2.75, 3.05) is 7.11 Å². The molecule has 0 aliphatic carbocycles. The number of benzene rings is 2. The second kappa shape index (κ2) is 6.45. The second-order valence-electron chi connectivity index (χ2n) is 4.78. The van der Waals surface area contributed by atoms with Gasteiger partial charge >= 0.3 is 0 Å². The monoisotopic (exact) mass is 302 g/mol. The minimum absolute atomic E-state index is 0.0965. The van der Waals surface area contributed by atoms with E-state index in [1.54, 1.807) is 12.1 Å². The summed E-state index contributed by atoms with van der Waals surface area (Å²) in [6, 6.07) is 13.1. The Labute approximate surface area is 129 Å². The largest absolute Gasteiger partial charge is 0.504 e. The number of rotatable bonds is 4. The molecular weight excluding hydrogens is 284 g/mol. The van der Waals surface area contributed by atoms with Gasteiger partial charge in [-0.05, 0) is 42.4 Å². The van der Waals surface area contributed by atoms with E-state index in [-0.39, 0.29) is 16.9 Å². The zero-order valence-electron chi connectivity index (χ0n) is 12.0. The van der Waals surface area contributed by atoms with Gasteiger partial charge in [0.1, 0.15) is 0 Å². The molecule has 0 saturated heterocycles. The van der Waals surface area contributed by atoms with Crippen LogP contribution in [0.15, 0.2) is 42.5 Å². The van der Waals surface area contributed by atoms with Crippen LogP contribution >= 0.6 is 12.2 Å². The molecule has 0 heterocycles. The molecule has 2 rings (SSSR count). The normalized spacial score (nSPS) is 11.7. The smallest absolute Gasteiger partial charge is 0.164 e. The molecule has 2 aromatic rings. The number of methoxy groups -OCH3 is 1. The van der Waals surface area contributed by atoms with E-state index < -0.39 is 0 Å². The Kier molecular flexibility index (Phi) is 4.65. The average Bonchev–Trinajstić information content (AvgIpc) is 2.46. The molecule has 4 N–H and O–H groups in total. The number of hydrogen-bond donors (Lipinski definition) is 3. The number of phenolic OH excluding ortho intramolecular Hbond substituents is 1. The lowest BCUT2D eigenvalue weighted by atomic mass is 9.97. The van der Waals surface area contributed by atoms with E-state index in [0.717, 1.165) is 11.1 Å². The summed E-state index contributed by atoms with van der Waals surface area (Å²) in [7, 11) is 1.51. The van der Waals surface area contributed by atoms with E-state index in [2.05, 4.69) is 5.32 Å². The van der Waals surface area contributed by atoms with Gasteiger partial charge in [-0.25, -0.2) is 0 Å². The number of nitrogens with one attached hydrogen (secondary N) is 1. The number of ether oxygens (including phenoxy) is 1. The Morgan fingerprint density at radius 2 is 1.81 bits per heavy atom. The van der Waals surface area contributed by atoms with Crippen LogP contribution in [0.5, 0.6) is 11.5 Å². The number of hydrogen-bond acceptors (Lipinski definition) is 3. The first kappa shape index (κ1) is 15.1. The van der Waals surface area contributed by atoms with E-state index in [0.29, 0.717) is 5.75 Å². The van der Waals surface area contributed by atoms with Gasteiger partial charge in [-0.2, -0.15) is 0 Å². The Hall–Kier alpha value is -2.27. The Morgan fingerprint density at radius 1 is 1.19 bits per heavy atom. The molecule has 110 valence electrons. The van der Waals surface area contributed by atoms with Gasteiger partial charge in [0.2, 0.25) is 0 Å². The third-order valence-corrected chi connectivity index (χ3v) is 3.35. The highest BCUT2D eigenvalue weighted by Gasteiger charge is 2.16. The molecule has 0 saturated carbocycles. The fraction of sp³-hybridized carbons (Fsp3) is 0.188. The summed E-state index contributed by atoms with van der Waals surface area (Å²) in [6.07, 6.45) is 0. The Bertz CT molecular complexity index is 641. The van der Waals surface area contributed by atoms with Gasteiger partial charge in [-0.15, -0.1) is 0 Å². The van der Waals surface area contributed by atoms with E-state index in [1.807, 2.05) is 37.3 Å². The first-order chi connectivity index (χ1) is 10.0. The molecule has 0 fully saturated rings. The fourth-order valence-electron chi connectivity index (χ4n) is 2.13. The first-order valence-electron chi connectivity index (χ1n) is 6.50. The van der Waals surface area contributed by atoms with Crippen molar-refractivity contribution in [2.45, 2.75) is 13.0 Å². The summed E-state index contributed by atoms with van der Waals surface area (Å²) < 4.78 is 5.15. The molecule has 4 nitrogen and oxygen atoms in total. The molecule has 21 heavy (non-hydrogen) atoms. The van der Waals surface area contributed by atoms with Gasteiger partial charge in [0, 0.05) is 0 Å². The van der Waals surface area contributed by atoms with Crippen LogP contribution in [-0.4, -0.2) is 17.3 Å². The standard InChI is InChI=1S/C16H18N2O2S/c1-10-3-5-11(6-4-10)15(18-16(17)21)12-7-8-13(19)14(9-12)20-2/h3-9,15,19H,1-2H3,(H3,17,18,21). The van der Waals surface area contributed by atoms with Crippen LogP contribution in [0.4, 0.5) is 0 Å². The molecule has 0 bridgehead atoms. The van der Waals surface area contributed by atoms with Crippen LogP contribution in [-0.2, 0) is 0 Å². The molecular formula is C16H18N2O2S. The predicted octanol–water partition coefficient (Wildman–Crippen LogP) is 2.63. The van der Waals surface area contributed by atoms with E-state index in [4.69, 9.17) is 22.7 Å². The molecule has 1 atom stereocenters. The van der Waals surface area contributed by atoms with Gasteiger partial charge < -0.3 is 20.9 Å². The summed E-state index contributed by atoms with van der Waals surface area (Å²) in [5.41, 5.74) is 8.75. The van der Waals surface area contributed by atoms with Crippen molar-refractivity contribution < 1.29 is 9.84 Å².